The maximum absolute atomic E-state index is 11.6. The fourth-order valence-electron chi connectivity index (χ4n) is 0.991. The van der Waals surface area contributed by atoms with Gasteiger partial charge in [-0.05, 0) is 0 Å². The van der Waals surface area contributed by atoms with Gasteiger partial charge in [-0.3, -0.25) is 18.6 Å². The normalized spacial score (nSPS) is 14.9. The number of ether oxygens (including phenoxy) is 2. The first kappa shape index (κ1) is 18.7. The van der Waals surface area contributed by atoms with E-state index in [9.17, 15) is 19.1 Å². The summed E-state index contributed by atoms with van der Waals surface area (Å²) < 4.78 is 30.3. The molecule has 0 spiro atoms. The van der Waals surface area contributed by atoms with E-state index in [-0.39, 0.29) is 19.8 Å². The predicted molar refractivity (Wildman–Crippen MR) is 66.5 cm³/mol. The molecule has 0 rings (SSSR count). The van der Waals surface area contributed by atoms with Crippen molar-refractivity contribution < 1.29 is 32.7 Å². The smallest absolute Gasteiger partial charge is 0.462 e. The van der Waals surface area contributed by atoms with E-state index in [0.29, 0.717) is 0 Å². The third kappa shape index (κ3) is 8.70. The Morgan fingerprint density at radius 2 is 1.85 bits per heavy atom. The minimum absolute atomic E-state index is 0.0176. The average Bonchev–Trinajstić information content (AvgIpc) is 2.39. The van der Waals surface area contributed by atoms with Gasteiger partial charge >= 0.3 is 19.7 Å². The quantitative estimate of drug-likeness (QED) is 0.343. The lowest BCUT2D eigenvalue weighted by molar-refractivity contribution is -0.158. The maximum atomic E-state index is 11.6. The number of rotatable bonds is 10. The van der Waals surface area contributed by atoms with Crippen molar-refractivity contribution in [1.82, 2.24) is 0 Å². The van der Waals surface area contributed by atoms with Gasteiger partial charge in [0.2, 0.25) is 0 Å². The van der Waals surface area contributed by atoms with E-state index in [0.717, 1.165) is 13.8 Å². The van der Waals surface area contributed by atoms with Crippen molar-refractivity contribution >= 4 is 19.7 Å². The lowest BCUT2D eigenvalue weighted by Gasteiger charge is -2.18. The summed E-state index contributed by atoms with van der Waals surface area (Å²) >= 11 is 0. The molecular formula is C9H17N2O8P. The largest absolute Gasteiger partial charge is 0.489 e. The van der Waals surface area contributed by atoms with E-state index in [1.807, 2.05) is 0 Å². The highest BCUT2D eigenvalue weighted by atomic mass is 31.2. The van der Waals surface area contributed by atoms with Crippen molar-refractivity contribution in [2.24, 2.45) is 10.7 Å². The van der Waals surface area contributed by atoms with Gasteiger partial charge in [0.25, 0.3) is 0 Å². The molecule has 0 saturated carbocycles. The molecule has 20 heavy (non-hydrogen) atoms. The van der Waals surface area contributed by atoms with Crippen LogP contribution < -0.4 is 5.73 Å². The molecule has 0 aromatic heterocycles. The van der Waals surface area contributed by atoms with Crippen LogP contribution in [0.15, 0.2) is 4.95 Å². The lowest BCUT2D eigenvalue weighted by atomic mass is 10.4. The Kier molecular flexibility index (Phi) is 8.89. The van der Waals surface area contributed by atoms with Crippen molar-refractivity contribution in [2.45, 2.75) is 20.0 Å². The molecule has 0 aliphatic carbocycles. The Bertz CT molecular complexity index is 388. The Balaban J connectivity index is 4.47. The zero-order valence-electron chi connectivity index (χ0n) is 11.1. The van der Waals surface area contributed by atoms with Crippen LogP contribution in [0.25, 0.3) is 0 Å². The van der Waals surface area contributed by atoms with Gasteiger partial charge in [-0.25, -0.2) is 4.57 Å². The van der Waals surface area contributed by atoms with E-state index in [1.165, 1.54) is 0 Å². The molecule has 116 valence electrons. The minimum atomic E-state index is -4.20. The number of hydrogen-bond acceptors (Lipinski definition) is 9. The fourth-order valence-corrected chi connectivity index (χ4v) is 1.85. The van der Waals surface area contributed by atoms with E-state index < -0.39 is 32.4 Å². The number of esters is 2. The Labute approximate surface area is 115 Å². The summed E-state index contributed by atoms with van der Waals surface area (Å²) in [7, 11) is -4.20. The van der Waals surface area contributed by atoms with Crippen LogP contribution in [0.1, 0.15) is 13.8 Å². The second-order valence-corrected chi connectivity index (χ2v) is 5.12. The van der Waals surface area contributed by atoms with Gasteiger partial charge in [0.1, 0.15) is 6.61 Å². The third-order valence-electron chi connectivity index (χ3n) is 1.70. The summed E-state index contributed by atoms with van der Waals surface area (Å²) in [5.41, 5.74) is 5.12. The molecule has 0 aliphatic heterocycles. The Morgan fingerprint density at radius 3 is 2.30 bits per heavy atom. The highest BCUT2D eigenvalue weighted by molar-refractivity contribution is 7.52. The second kappa shape index (κ2) is 9.54. The zero-order chi connectivity index (χ0) is 15.6. The van der Waals surface area contributed by atoms with Crippen molar-refractivity contribution in [3.63, 3.8) is 0 Å². The molecule has 0 saturated heterocycles. The fraction of sp³-hybridized carbons (Fsp3) is 0.778. The summed E-state index contributed by atoms with van der Waals surface area (Å²) in [4.78, 5) is 34.2. The number of hydrogen-bond donors (Lipinski definition) is 1. The molecule has 0 aromatic carbocycles. The van der Waals surface area contributed by atoms with Crippen LogP contribution in [0.3, 0.4) is 0 Å². The van der Waals surface area contributed by atoms with Gasteiger partial charge < -0.3 is 15.2 Å². The van der Waals surface area contributed by atoms with Crippen molar-refractivity contribution in [1.29, 1.82) is 0 Å². The van der Waals surface area contributed by atoms with Gasteiger partial charge in [0.15, 0.2) is 6.10 Å². The molecular weight excluding hydrogens is 295 g/mol. The van der Waals surface area contributed by atoms with Crippen molar-refractivity contribution in [3.05, 3.63) is 4.91 Å². The summed E-state index contributed by atoms with van der Waals surface area (Å²) in [6.07, 6.45) is -1.03. The van der Waals surface area contributed by atoms with Crippen LogP contribution in [0.5, 0.6) is 0 Å². The molecule has 2 atom stereocenters. The van der Waals surface area contributed by atoms with Gasteiger partial charge in [-0.1, -0.05) is 0 Å². The van der Waals surface area contributed by atoms with Gasteiger partial charge in [-0.2, -0.15) is 0 Å². The number of nitrogens with two attached hydrogens (primary N) is 1. The van der Waals surface area contributed by atoms with Crippen LogP contribution in [0.2, 0.25) is 0 Å². The third-order valence-corrected chi connectivity index (χ3v) is 2.89. The van der Waals surface area contributed by atoms with E-state index in [4.69, 9.17) is 15.0 Å². The first-order valence-electron chi connectivity index (χ1n) is 5.57. The molecule has 0 amide bonds. The summed E-state index contributed by atoms with van der Waals surface area (Å²) in [5.74, 6) is -1.26. The number of carbonyl (C=O) groups is 2. The molecule has 0 heterocycles. The number of nitrogens with zero attached hydrogens (tertiary/aromatic N) is 1. The molecule has 0 aliphatic rings. The first-order chi connectivity index (χ1) is 9.33. The van der Waals surface area contributed by atoms with E-state index in [2.05, 4.69) is 14.2 Å². The minimum Gasteiger partial charge on any atom is -0.462 e. The molecule has 11 heteroatoms. The molecule has 2 N–H and O–H groups in total. The molecule has 2 unspecified atom stereocenters. The predicted octanol–water partition coefficient (Wildman–Crippen LogP) is 0.348. The highest BCUT2D eigenvalue weighted by Gasteiger charge is 2.28. The van der Waals surface area contributed by atoms with Crippen LogP contribution in [0, 0.1) is 4.91 Å². The number of carbonyl (C=O) groups excluding carboxylic acids is 2. The van der Waals surface area contributed by atoms with Gasteiger partial charge in [0, 0.05) is 25.3 Å². The molecule has 10 nitrogen and oxygen atoms in total. The monoisotopic (exact) mass is 312 g/mol. The van der Waals surface area contributed by atoms with Gasteiger partial charge in [0.05, 0.1) is 13.2 Å². The molecule has 0 fully saturated rings. The molecule has 0 aromatic rings. The molecule has 0 bridgehead atoms. The Hall–Kier alpha value is -1.35. The van der Waals surface area contributed by atoms with Crippen molar-refractivity contribution in [3.8, 4) is 0 Å². The highest BCUT2D eigenvalue weighted by Crippen LogP contribution is 2.49. The van der Waals surface area contributed by atoms with Crippen LogP contribution in [0.4, 0.5) is 0 Å². The zero-order valence-corrected chi connectivity index (χ0v) is 12.0. The van der Waals surface area contributed by atoms with E-state index in [1.54, 1.807) is 0 Å². The molecule has 0 radical (unpaired) electrons. The average molecular weight is 312 g/mol. The van der Waals surface area contributed by atoms with Crippen molar-refractivity contribution in [2.75, 3.05) is 26.4 Å². The number of nitroso groups, excluding NO2 is 1. The second-order valence-electron chi connectivity index (χ2n) is 3.50. The lowest BCUT2D eigenvalue weighted by Crippen LogP contribution is -2.28. The van der Waals surface area contributed by atoms with E-state index >= 15 is 0 Å². The van der Waals surface area contributed by atoms with Crippen LogP contribution in [-0.2, 0) is 32.7 Å². The maximum Gasteiger partial charge on any atom is 0.489 e. The van der Waals surface area contributed by atoms with Crippen LogP contribution in [-0.4, -0.2) is 44.4 Å². The Morgan fingerprint density at radius 1 is 1.20 bits per heavy atom. The topological polar surface area (TPSA) is 144 Å². The standard InChI is InChI=1S/C9H17N2O8P/c1-7(12)16-5-9(19-8(2)13)6-18-20(15,11-14)17-4-3-10/h9H,3-6,10H2,1-2H3. The summed E-state index contributed by atoms with van der Waals surface area (Å²) in [6.45, 7) is 1.32. The summed E-state index contributed by atoms with van der Waals surface area (Å²) in [5, 5.41) is 0. The van der Waals surface area contributed by atoms with Gasteiger partial charge in [-0.15, -0.1) is 4.91 Å². The first-order valence-corrected chi connectivity index (χ1v) is 7.07. The van der Waals surface area contributed by atoms with Crippen LogP contribution >= 0.6 is 7.75 Å². The SMILES string of the molecule is CC(=O)OCC(COP(=O)(N=O)OCCN)OC(C)=O. The summed E-state index contributed by atoms with van der Waals surface area (Å²) in [6, 6.07) is 0.